The molecule has 0 saturated carbocycles. The fraction of sp³-hybridized carbons (Fsp3) is 0.250. The van der Waals surface area contributed by atoms with Crippen LogP contribution in [0, 0.1) is 5.82 Å². The van der Waals surface area contributed by atoms with Gasteiger partial charge in [0.15, 0.2) is 0 Å². The van der Waals surface area contributed by atoms with Crippen molar-refractivity contribution in [1.29, 1.82) is 0 Å². The topological polar surface area (TPSA) is 35.2 Å². The summed E-state index contributed by atoms with van der Waals surface area (Å²) in [7, 11) is 1.62. The van der Waals surface area contributed by atoms with Crippen LogP contribution in [0.1, 0.15) is 5.56 Å². The number of halogens is 2. The maximum absolute atomic E-state index is 13.1. The second-order valence-electron chi connectivity index (χ2n) is 4.69. The van der Waals surface area contributed by atoms with Crippen LogP contribution in [-0.4, -0.2) is 18.9 Å². The number of methoxy groups -OCH3 is 1. The first kappa shape index (κ1) is 16.1. The third-order valence-electron chi connectivity index (χ3n) is 2.98. The Morgan fingerprint density at radius 1 is 1.29 bits per heavy atom. The van der Waals surface area contributed by atoms with E-state index in [1.807, 2.05) is 18.2 Å². The van der Waals surface area contributed by atoms with E-state index >= 15 is 0 Å². The smallest absolute Gasteiger partial charge is 0.124 e. The van der Waals surface area contributed by atoms with E-state index < -0.39 is 0 Å². The van der Waals surface area contributed by atoms with Gasteiger partial charge in [0.25, 0.3) is 0 Å². The Kier molecular flexibility index (Phi) is 5.91. The number of hydrogen-bond acceptors (Lipinski definition) is 3. The Morgan fingerprint density at radius 3 is 2.81 bits per heavy atom. The van der Waals surface area contributed by atoms with Gasteiger partial charge in [0.05, 0.1) is 7.11 Å². The third kappa shape index (κ3) is 4.92. The van der Waals surface area contributed by atoms with Crippen LogP contribution in [0.2, 0.25) is 5.02 Å². The lowest BCUT2D eigenvalue weighted by atomic mass is 10.1. The number of ether oxygens (including phenoxy) is 1. The Labute approximate surface area is 133 Å². The van der Waals surface area contributed by atoms with Crippen molar-refractivity contribution in [3.8, 4) is 5.75 Å². The molecule has 1 atom stereocenters. The zero-order valence-corrected chi connectivity index (χ0v) is 13.3. The van der Waals surface area contributed by atoms with E-state index in [9.17, 15) is 4.39 Å². The van der Waals surface area contributed by atoms with Gasteiger partial charge in [0.2, 0.25) is 0 Å². The van der Waals surface area contributed by atoms with Gasteiger partial charge < -0.3 is 10.5 Å². The van der Waals surface area contributed by atoms with Gasteiger partial charge in [-0.3, -0.25) is 0 Å². The van der Waals surface area contributed by atoms with Crippen molar-refractivity contribution in [3.05, 3.63) is 58.9 Å². The number of rotatable bonds is 6. The quantitative estimate of drug-likeness (QED) is 0.810. The van der Waals surface area contributed by atoms with E-state index in [0.717, 1.165) is 16.2 Å². The van der Waals surface area contributed by atoms with Crippen molar-refractivity contribution in [2.24, 2.45) is 5.73 Å². The summed E-state index contributed by atoms with van der Waals surface area (Å²) in [5.74, 6) is 1.25. The molecule has 2 aromatic rings. The van der Waals surface area contributed by atoms with Gasteiger partial charge in [-0.25, -0.2) is 4.39 Å². The van der Waals surface area contributed by atoms with Crippen LogP contribution in [0.15, 0.2) is 47.4 Å². The van der Waals surface area contributed by atoms with E-state index in [2.05, 4.69) is 0 Å². The maximum atomic E-state index is 13.1. The number of thioether (sulfide) groups is 1. The Balaban J connectivity index is 1.95. The fourth-order valence-corrected chi connectivity index (χ4v) is 3.10. The van der Waals surface area contributed by atoms with Gasteiger partial charge in [-0.1, -0.05) is 17.7 Å². The van der Waals surface area contributed by atoms with Crippen molar-refractivity contribution in [1.82, 2.24) is 0 Å². The molecule has 21 heavy (non-hydrogen) atoms. The van der Waals surface area contributed by atoms with E-state index in [-0.39, 0.29) is 11.9 Å². The van der Waals surface area contributed by atoms with E-state index in [1.54, 1.807) is 31.0 Å². The highest BCUT2D eigenvalue weighted by molar-refractivity contribution is 7.99. The van der Waals surface area contributed by atoms with Gasteiger partial charge >= 0.3 is 0 Å². The van der Waals surface area contributed by atoms with Crippen molar-refractivity contribution >= 4 is 23.4 Å². The number of hydrogen-bond donors (Lipinski definition) is 1. The second kappa shape index (κ2) is 7.69. The monoisotopic (exact) mass is 325 g/mol. The molecule has 2 aromatic carbocycles. The van der Waals surface area contributed by atoms with Crippen LogP contribution in [-0.2, 0) is 6.42 Å². The summed E-state index contributed by atoms with van der Waals surface area (Å²) in [6, 6.07) is 11.9. The lowest BCUT2D eigenvalue weighted by Gasteiger charge is -2.14. The molecule has 5 heteroatoms. The minimum Gasteiger partial charge on any atom is -0.496 e. The van der Waals surface area contributed by atoms with Gasteiger partial charge in [-0.2, -0.15) is 0 Å². The second-order valence-corrected chi connectivity index (χ2v) is 6.22. The van der Waals surface area contributed by atoms with E-state index in [1.165, 1.54) is 12.1 Å². The van der Waals surface area contributed by atoms with Gasteiger partial charge in [-0.15, -0.1) is 11.8 Å². The molecule has 0 amide bonds. The van der Waals surface area contributed by atoms with Gasteiger partial charge in [0, 0.05) is 21.7 Å². The molecule has 0 fully saturated rings. The third-order valence-corrected chi connectivity index (χ3v) is 4.40. The number of benzene rings is 2. The standard InChI is InChI=1S/C16H17ClFNOS/c1-20-16-6-5-12(17)7-11(16)8-14(19)10-21-15-4-2-3-13(18)9-15/h2-7,9,14H,8,10,19H2,1H3. The molecule has 2 N–H and O–H groups in total. The minimum absolute atomic E-state index is 0.0642. The molecular weight excluding hydrogens is 309 g/mol. The van der Waals surface area contributed by atoms with Crippen LogP contribution in [0.4, 0.5) is 4.39 Å². The summed E-state index contributed by atoms with van der Waals surface area (Å²) in [5.41, 5.74) is 7.14. The summed E-state index contributed by atoms with van der Waals surface area (Å²) in [4.78, 5) is 0.878. The zero-order valence-electron chi connectivity index (χ0n) is 11.7. The molecule has 0 aliphatic rings. The van der Waals surface area contributed by atoms with Crippen molar-refractivity contribution in [3.63, 3.8) is 0 Å². The molecular formula is C16H17ClFNOS. The first-order valence-electron chi connectivity index (χ1n) is 6.55. The first-order valence-corrected chi connectivity index (χ1v) is 7.91. The molecule has 0 heterocycles. The Hall–Kier alpha value is -1.23. The SMILES string of the molecule is COc1ccc(Cl)cc1CC(N)CSc1cccc(F)c1. The summed E-state index contributed by atoms with van der Waals surface area (Å²) in [6.07, 6.45) is 0.659. The van der Waals surface area contributed by atoms with Crippen molar-refractivity contribution in [2.45, 2.75) is 17.4 Å². The molecule has 112 valence electrons. The molecule has 0 saturated heterocycles. The van der Waals surface area contributed by atoms with Crippen LogP contribution < -0.4 is 10.5 Å². The van der Waals surface area contributed by atoms with Crippen LogP contribution in [0.5, 0.6) is 5.75 Å². The predicted octanol–water partition coefficient (Wildman–Crippen LogP) is 4.15. The molecule has 1 unspecified atom stereocenters. The van der Waals surface area contributed by atoms with Gasteiger partial charge in [-0.05, 0) is 48.4 Å². The molecule has 0 spiro atoms. The molecule has 2 nitrogen and oxygen atoms in total. The lowest BCUT2D eigenvalue weighted by Crippen LogP contribution is -2.25. The molecule has 0 aliphatic heterocycles. The highest BCUT2D eigenvalue weighted by atomic mass is 35.5. The van der Waals surface area contributed by atoms with Crippen molar-refractivity contribution < 1.29 is 9.13 Å². The highest BCUT2D eigenvalue weighted by Gasteiger charge is 2.10. The largest absolute Gasteiger partial charge is 0.496 e. The molecule has 0 bridgehead atoms. The minimum atomic E-state index is -0.231. The highest BCUT2D eigenvalue weighted by Crippen LogP contribution is 2.25. The molecule has 0 aromatic heterocycles. The van der Waals surface area contributed by atoms with Crippen LogP contribution >= 0.6 is 23.4 Å². The average Bonchev–Trinajstić information content (AvgIpc) is 2.45. The normalized spacial score (nSPS) is 12.2. The summed E-state index contributed by atoms with van der Waals surface area (Å²) >= 11 is 7.55. The van der Waals surface area contributed by atoms with E-state index in [4.69, 9.17) is 22.1 Å². The Bertz CT molecular complexity index is 609. The maximum Gasteiger partial charge on any atom is 0.124 e. The first-order chi connectivity index (χ1) is 10.1. The van der Waals surface area contributed by atoms with Crippen LogP contribution in [0.3, 0.4) is 0 Å². The van der Waals surface area contributed by atoms with Gasteiger partial charge in [0.1, 0.15) is 11.6 Å². The average molecular weight is 326 g/mol. The summed E-state index contributed by atoms with van der Waals surface area (Å²) in [5, 5.41) is 0.663. The Morgan fingerprint density at radius 2 is 2.10 bits per heavy atom. The summed E-state index contributed by atoms with van der Waals surface area (Å²) < 4.78 is 18.4. The molecule has 0 radical (unpaired) electrons. The van der Waals surface area contributed by atoms with Crippen molar-refractivity contribution in [2.75, 3.05) is 12.9 Å². The van der Waals surface area contributed by atoms with Crippen LogP contribution in [0.25, 0.3) is 0 Å². The number of nitrogens with two attached hydrogens (primary N) is 1. The lowest BCUT2D eigenvalue weighted by molar-refractivity contribution is 0.408. The summed E-state index contributed by atoms with van der Waals surface area (Å²) in [6.45, 7) is 0. The van der Waals surface area contributed by atoms with E-state index in [0.29, 0.717) is 17.2 Å². The fourth-order valence-electron chi connectivity index (χ4n) is 2.01. The molecule has 2 rings (SSSR count). The zero-order chi connectivity index (χ0) is 15.2. The molecule has 0 aliphatic carbocycles. The predicted molar refractivity (Wildman–Crippen MR) is 86.8 cm³/mol.